The van der Waals surface area contributed by atoms with Gasteiger partial charge in [0.25, 0.3) is 5.91 Å². The summed E-state index contributed by atoms with van der Waals surface area (Å²) in [7, 11) is 0. The first-order valence-electron chi connectivity index (χ1n) is 6.37. The monoisotopic (exact) mass is 296 g/mol. The Hall–Kier alpha value is -2.60. The molecular weight excluding hydrogens is 284 g/mol. The van der Waals surface area contributed by atoms with Crippen LogP contribution in [-0.4, -0.2) is 20.5 Å². The predicted octanol–water partition coefficient (Wildman–Crippen LogP) is 2.53. The molecule has 0 aliphatic heterocycles. The van der Waals surface area contributed by atoms with E-state index >= 15 is 0 Å². The molecule has 0 bridgehead atoms. The van der Waals surface area contributed by atoms with Crippen LogP contribution in [0.4, 0.5) is 0 Å². The van der Waals surface area contributed by atoms with E-state index in [4.69, 9.17) is 0 Å². The van der Waals surface area contributed by atoms with Crippen molar-refractivity contribution in [1.29, 1.82) is 0 Å². The van der Waals surface area contributed by atoms with Gasteiger partial charge in [0.15, 0.2) is 0 Å². The molecule has 0 fully saturated rings. The molecule has 21 heavy (non-hydrogen) atoms. The molecule has 0 saturated heterocycles. The number of hydrogen-bond acceptors (Lipinski definition) is 5. The summed E-state index contributed by atoms with van der Waals surface area (Å²) >= 11 is 1.33. The lowest BCUT2D eigenvalue weighted by Crippen LogP contribution is -2.22. The fourth-order valence-corrected chi connectivity index (χ4v) is 2.33. The van der Waals surface area contributed by atoms with Gasteiger partial charge < -0.3 is 5.32 Å². The lowest BCUT2D eigenvalue weighted by atomic mass is 10.1. The molecular formula is C15H12N4OS. The summed E-state index contributed by atoms with van der Waals surface area (Å²) in [5.41, 5.74) is 3.47. The van der Waals surface area contributed by atoms with E-state index in [1.165, 1.54) is 11.5 Å². The van der Waals surface area contributed by atoms with E-state index in [-0.39, 0.29) is 5.91 Å². The third-order valence-electron chi connectivity index (χ3n) is 2.99. The maximum atomic E-state index is 11.9. The highest BCUT2D eigenvalue weighted by molar-refractivity contribution is 7.03. The van der Waals surface area contributed by atoms with Crippen molar-refractivity contribution in [1.82, 2.24) is 19.9 Å². The number of benzene rings is 1. The van der Waals surface area contributed by atoms with Gasteiger partial charge in [0, 0.05) is 29.9 Å². The van der Waals surface area contributed by atoms with Crippen LogP contribution >= 0.6 is 11.5 Å². The van der Waals surface area contributed by atoms with E-state index in [0.29, 0.717) is 12.1 Å². The predicted molar refractivity (Wildman–Crippen MR) is 80.8 cm³/mol. The lowest BCUT2D eigenvalue weighted by molar-refractivity contribution is 0.0950. The van der Waals surface area contributed by atoms with Gasteiger partial charge >= 0.3 is 0 Å². The van der Waals surface area contributed by atoms with Crippen LogP contribution in [0, 0.1) is 0 Å². The minimum atomic E-state index is -0.129. The Morgan fingerprint density at radius 2 is 2.05 bits per heavy atom. The van der Waals surface area contributed by atoms with E-state index in [1.54, 1.807) is 24.5 Å². The second-order valence-electron chi connectivity index (χ2n) is 4.41. The van der Waals surface area contributed by atoms with Gasteiger partial charge in [-0.25, -0.2) is 0 Å². The summed E-state index contributed by atoms with van der Waals surface area (Å²) in [5.74, 6) is -0.129. The maximum absolute atomic E-state index is 11.9. The average molecular weight is 296 g/mol. The van der Waals surface area contributed by atoms with Gasteiger partial charge in [-0.05, 0) is 29.2 Å². The Morgan fingerprint density at radius 3 is 2.71 bits per heavy atom. The quantitative estimate of drug-likeness (QED) is 0.803. The number of nitrogens with zero attached hydrogens (tertiary/aromatic N) is 3. The molecule has 0 spiro atoms. The van der Waals surface area contributed by atoms with Crippen LogP contribution < -0.4 is 5.32 Å². The fourth-order valence-electron chi connectivity index (χ4n) is 1.87. The summed E-state index contributed by atoms with van der Waals surface area (Å²) in [6.07, 6.45) is 3.19. The second kappa shape index (κ2) is 6.23. The first-order chi connectivity index (χ1) is 10.3. The molecule has 2 heterocycles. The first-order valence-corrected chi connectivity index (χ1v) is 7.21. The smallest absolute Gasteiger partial charge is 0.253 e. The molecule has 6 heteroatoms. The fraction of sp³-hybridized carbons (Fsp3) is 0.0667. The molecule has 1 N–H and O–H groups in total. The number of rotatable bonds is 4. The van der Waals surface area contributed by atoms with Crippen LogP contribution in [0.2, 0.25) is 0 Å². The highest BCUT2D eigenvalue weighted by Crippen LogP contribution is 2.18. The third kappa shape index (κ3) is 3.29. The Bertz CT molecular complexity index is 711. The SMILES string of the molecule is O=C(NCc1ccc(-c2csnn2)cc1)c1cccnc1. The van der Waals surface area contributed by atoms with Crippen molar-refractivity contribution in [2.75, 3.05) is 0 Å². The third-order valence-corrected chi connectivity index (χ3v) is 3.49. The van der Waals surface area contributed by atoms with Crippen LogP contribution in [0.5, 0.6) is 0 Å². The molecule has 0 aliphatic rings. The van der Waals surface area contributed by atoms with Gasteiger partial charge in [0.05, 0.1) is 5.56 Å². The molecule has 0 radical (unpaired) electrons. The summed E-state index contributed by atoms with van der Waals surface area (Å²) in [6, 6.07) is 11.4. The van der Waals surface area contributed by atoms with Gasteiger partial charge in [-0.2, -0.15) is 0 Å². The van der Waals surface area contributed by atoms with Gasteiger partial charge in [0.1, 0.15) is 5.69 Å². The van der Waals surface area contributed by atoms with Crippen molar-refractivity contribution < 1.29 is 4.79 Å². The zero-order chi connectivity index (χ0) is 14.5. The molecule has 0 aliphatic carbocycles. The number of carbonyl (C=O) groups is 1. The summed E-state index contributed by atoms with van der Waals surface area (Å²) < 4.78 is 3.84. The van der Waals surface area contributed by atoms with Crippen molar-refractivity contribution in [3.05, 3.63) is 65.3 Å². The minimum absolute atomic E-state index is 0.129. The van der Waals surface area contributed by atoms with E-state index in [9.17, 15) is 4.79 Å². The summed E-state index contributed by atoms with van der Waals surface area (Å²) in [5, 5.41) is 8.79. The molecule has 2 aromatic heterocycles. The summed E-state index contributed by atoms with van der Waals surface area (Å²) in [4.78, 5) is 15.8. The standard InChI is InChI=1S/C15H12N4OS/c20-15(13-2-1-7-16-9-13)17-8-11-3-5-12(6-4-11)14-10-21-19-18-14/h1-7,9-10H,8H2,(H,17,20). The van der Waals surface area contributed by atoms with E-state index in [2.05, 4.69) is 19.9 Å². The lowest BCUT2D eigenvalue weighted by Gasteiger charge is -2.05. The number of hydrogen-bond donors (Lipinski definition) is 1. The van der Waals surface area contributed by atoms with Crippen molar-refractivity contribution in [2.24, 2.45) is 0 Å². The van der Waals surface area contributed by atoms with E-state index in [0.717, 1.165) is 16.8 Å². The maximum Gasteiger partial charge on any atom is 0.253 e. The number of aromatic nitrogens is 3. The largest absolute Gasteiger partial charge is 0.348 e. The number of pyridine rings is 1. The number of amides is 1. The molecule has 5 nitrogen and oxygen atoms in total. The molecule has 3 rings (SSSR count). The highest BCUT2D eigenvalue weighted by Gasteiger charge is 2.05. The molecule has 1 amide bonds. The van der Waals surface area contributed by atoms with Crippen LogP contribution in [0.1, 0.15) is 15.9 Å². The van der Waals surface area contributed by atoms with Crippen molar-refractivity contribution in [3.8, 4) is 11.3 Å². The molecule has 0 atom stereocenters. The average Bonchev–Trinajstić information content (AvgIpc) is 3.08. The van der Waals surface area contributed by atoms with Gasteiger partial charge in [-0.3, -0.25) is 9.78 Å². The highest BCUT2D eigenvalue weighted by atomic mass is 32.1. The first kappa shape index (κ1) is 13.4. The molecule has 0 saturated carbocycles. The van der Waals surface area contributed by atoms with Gasteiger partial charge in [-0.1, -0.05) is 28.8 Å². The molecule has 104 valence electrons. The molecule has 3 aromatic rings. The zero-order valence-electron chi connectivity index (χ0n) is 11.1. The Balaban J connectivity index is 1.62. The van der Waals surface area contributed by atoms with Crippen LogP contribution in [-0.2, 0) is 6.54 Å². The number of nitrogens with one attached hydrogen (secondary N) is 1. The zero-order valence-corrected chi connectivity index (χ0v) is 11.9. The molecule has 1 aromatic carbocycles. The van der Waals surface area contributed by atoms with Gasteiger partial charge in [-0.15, -0.1) is 5.10 Å². The second-order valence-corrected chi connectivity index (χ2v) is 5.02. The van der Waals surface area contributed by atoms with Gasteiger partial charge in [0.2, 0.25) is 0 Å². The van der Waals surface area contributed by atoms with Crippen LogP contribution in [0.15, 0.2) is 54.2 Å². The minimum Gasteiger partial charge on any atom is -0.348 e. The van der Waals surface area contributed by atoms with E-state index < -0.39 is 0 Å². The van der Waals surface area contributed by atoms with E-state index in [1.807, 2.05) is 29.6 Å². The number of carbonyl (C=O) groups excluding carboxylic acids is 1. The van der Waals surface area contributed by atoms with Crippen LogP contribution in [0.25, 0.3) is 11.3 Å². The topological polar surface area (TPSA) is 67.8 Å². The normalized spacial score (nSPS) is 10.3. The summed E-state index contributed by atoms with van der Waals surface area (Å²) in [6.45, 7) is 0.476. The molecule has 0 unspecified atom stereocenters. The Morgan fingerprint density at radius 1 is 1.19 bits per heavy atom. The van der Waals surface area contributed by atoms with Crippen molar-refractivity contribution >= 4 is 17.4 Å². The Kier molecular flexibility index (Phi) is 3.97. The Labute approximate surface area is 125 Å². The van der Waals surface area contributed by atoms with Crippen molar-refractivity contribution in [3.63, 3.8) is 0 Å². The van der Waals surface area contributed by atoms with Crippen LogP contribution in [0.3, 0.4) is 0 Å². The van der Waals surface area contributed by atoms with Crippen molar-refractivity contribution in [2.45, 2.75) is 6.54 Å².